The molecule has 0 amide bonds. The van der Waals surface area contributed by atoms with Gasteiger partial charge in [-0.25, -0.2) is 0 Å². The molecule has 1 aliphatic heterocycles. The topological polar surface area (TPSA) is 50.6 Å². The van der Waals surface area contributed by atoms with Crippen molar-refractivity contribution in [2.45, 2.75) is 26.0 Å². The van der Waals surface area contributed by atoms with Crippen LogP contribution >= 0.6 is 11.6 Å². The molecule has 0 N–H and O–H groups in total. The maximum Gasteiger partial charge on any atom is 0.258 e. The van der Waals surface area contributed by atoms with E-state index >= 15 is 0 Å². The van der Waals surface area contributed by atoms with Crippen LogP contribution in [0.5, 0.6) is 5.75 Å². The van der Waals surface area contributed by atoms with Crippen molar-refractivity contribution < 1.29 is 4.74 Å². The number of rotatable bonds is 7. The molecule has 0 atom stereocenters. The van der Waals surface area contributed by atoms with Gasteiger partial charge in [0.25, 0.3) is 5.56 Å². The summed E-state index contributed by atoms with van der Waals surface area (Å²) in [5, 5.41) is 0.581. The third kappa shape index (κ3) is 6.08. The lowest BCUT2D eigenvalue weighted by Crippen LogP contribution is -2.45. The number of nitrogens with zero attached hydrogens (tertiary/aromatic N) is 4. The molecule has 2 aromatic carbocycles. The van der Waals surface area contributed by atoms with Crippen LogP contribution in [0.1, 0.15) is 28.8 Å². The lowest BCUT2D eigenvalue weighted by molar-refractivity contribution is 0.250. The molecule has 6 rings (SSSR count). The highest BCUT2D eigenvalue weighted by atomic mass is 35.5. The van der Waals surface area contributed by atoms with Crippen LogP contribution < -0.4 is 15.2 Å². The molecule has 1 aliphatic carbocycles. The molecule has 2 aromatic heterocycles. The normalized spacial score (nSPS) is 15.5. The number of allylic oxidation sites excluding steroid dienone is 1. The van der Waals surface area contributed by atoms with E-state index in [1.54, 1.807) is 23.0 Å². The van der Waals surface area contributed by atoms with E-state index < -0.39 is 0 Å². The van der Waals surface area contributed by atoms with Gasteiger partial charge < -0.3 is 9.64 Å². The van der Waals surface area contributed by atoms with Crippen molar-refractivity contribution >= 4 is 29.1 Å². The van der Waals surface area contributed by atoms with Gasteiger partial charge in [-0.2, -0.15) is 0 Å². The molecular weight excluding hydrogens is 508 g/mol. The van der Waals surface area contributed by atoms with E-state index in [1.165, 1.54) is 28.4 Å². The Labute approximate surface area is 233 Å². The Hall–Kier alpha value is -3.87. The summed E-state index contributed by atoms with van der Waals surface area (Å²) < 4.78 is 7.49. The minimum Gasteiger partial charge on any atom is -0.487 e. The van der Waals surface area contributed by atoms with Crippen LogP contribution in [0.2, 0.25) is 5.02 Å². The Morgan fingerprint density at radius 1 is 0.897 bits per heavy atom. The first kappa shape index (κ1) is 25.4. The minimum absolute atomic E-state index is 0.0995. The van der Waals surface area contributed by atoms with Gasteiger partial charge in [-0.3, -0.25) is 19.2 Å². The number of para-hydroxylation sites is 1. The molecule has 0 radical (unpaired) electrons. The third-order valence-electron chi connectivity index (χ3n) is 7.46. The second-order valence-electron chi connectivity index (χ2n) is 10.1. The molecule has 3 heterocycles. The fourth-order valence-corrected chi connectivity index (χ4v) is 5.43. The number of ether oxygens (including phenoxy) is 1. The largest absolute Gasteiger partial charge is 0.487 e. The zero-order valence-electron chi connectivity index (χ0n) is 21.8. The molecule has 2 aliphatic rings. The molecule has 1 fully saturated rings. The van der Waals surface area contributed by atoms with Crippen molar-refractivity contribution in [3.63, 3.8) is 0 Å². The Bertz CT molecular complexity index is 1520. The molecule has 1 saturated heterocycles. The third-order valence-corrected chi connectivity index (χ3v) is 7.68. The van der Waals surface area contributed by atoms with Crippen LogP contribution in [-0.4, -0.2) is 40.6 Å². The molecule has 198 valence electrons. The van der Waals surface area contributed by atoms with E-state index in [-0.39, 0.29) is 12.2 Å². The van der Waals surface area contributed by atoms with E-state index in [2.05, 4.69) is 69.4 Å². The van der Waals surface area contributed by atoms with E-state index in [0.29, 0.717) is 10.8 Å². The highest BCUT2D eigenvalue weighted by Gasteiger charge is 2.19. The van der Waals surface area contributed by atoms with Gasteiger partial charge in [0.2, 0.25) is 0 Å². The number of hydrogen-bond donors (Lipinski definition) is 0. The number of hydrogen-bond acceptors (Lipinski definition) is 5. The number of aromatic nitrogens is 2. The highest BCUT2D eigenvalue weighted by molar-refractivity contribution is 6.30. The number of piperazine rings is 1. The number of benzene rings is 2. The first-order chi connectivity index (χ1) is 19.1. The van der Waals surface area contributed by atoms with Crippen molar-refractivity contribution in [2.24, 2.45) is 0 Å². The molecule has 0 saturated carbocycles. The first-order valence-electron chi connectivity index (χ1n) is 13.4. The monoisotopic (exact) mass is 538 g/mol. The van der Waals surface area contributed by atoms with Crippen molar-refractivity contribution in [3.8, 4) is 5.75 Å². The van der Waals surface area contributed by atoms with Crippen LogP contribution in [0.15, 0.2) is 90.0 Å². The van der Waals surface area contributed by atoms with Crippen molar-refractivity contribution in [1.82, 2.24) is 14.5 Å². The van der Waals surface area contributed by atoms with Crippen molar-refractivity contribution in [3.05, 3.63) is 123 Å². The Morgan fingerprint density at radius 2 is 1.74 bits per heavy atom. The van der Waals surface area contributed by atoms with Gasteiger partial charge in [0.05, 0.1) is 10.7 Å². The van der Waals surface area contributed by atoms with E-state index in [0.717, 1.165) is 57.0 Å². The molecule has 6 nitrogen and oxygen atoms in total. The van der Waals surface area contributed by atoms with Crippen molar-refractivity contribution in [1.29, 1.82) is 0 Å². The fraction of sp³-hybridized carbons (Fsp3) is 0.250. The smallest absolute Gasteiger partial charge is 0.258 e. The van der Waals surface area contributed by atoms with Gasteiger partial charge in [0, 0.05) is 62.6 Å². The SMILES string of the molecule is O=c1cc(OCc2ccc(Cl)cn2)ccn1C1=Cc2ccc(CN3CCN(c4ccccc4)CC3)cc2CC1. The average Bonchev–Trinajstić information content (AvgIpc) is 2.97. The zero-order chi connectivity index (χ0) is 26.6. The van der Waals surface area contributed by atoms with Gasteiger partial charge >= 0.3 is 0 Å². The van der Waals surface area contributed by atoms with Gasteiger partial charge in [-0.15, -0.1) is 0 Å². The van der Waals surface area contributed by atoms with Crippen LogP contribution in [-0.2, 0) is 19.6 Å². The summed E-state index contributed by atoms with van der Waals surface area (Å²) >= 11 is 5.89. The second-order valence-corrected chi connectivity index (χ2v) is 10.5. The van der Waals surface area contributed by atoms with Gasteiger partial charge in [-0.1, -0.05) is 48.0 Å². The molecule has 7 heteroatoms. The number of anilines is 1. The quantitative estimate of drug-likeness (QED) is 0.300. The molecule has 0 unspecified atom stereocenters. The van der Waals surface area contributed by atoms with Gasteiger partial charge in [-0.05, 0) is 65.9 Å². The summed E-state index contributed by atoms with van der Waals surface area (Å²) in [6, 6.07) is 24.4. The zero-order valence-corrected chi connectivity index (χ0v) is 22.6. The number of pyridine rings is 2. The Kier molecular flexibility index (Phi) is 7.48. The summed E-state index contributed by atoms with van der Waals surface area (Å²) in [5.41, 5.74) is 6.86. The Balaban J connectivity index is 1.08. The van der Waals surface area contributed by atoms with Crippen molar-refractivity contribution in [2.75, 3.05) is 31.1 Å². The summed E-state index contributed by atoms with van der Waals surface area (Å²) in [4.78, 5) is 22.1. The first-order valence-corrected chi connectivity index (χ1v) is 13.8. The van der Waals surface area contributed by atoms with E-state index in [9.17, 15) is 4.79 Å². The summed E-state index contributed by atoms with van der Waals surface area (Å²) in [5.74, 6) is 0.527. The lowest BCUT2D eigenvalue weighted by Gasteiger charge is -2.36. The second kappa shape index (κ2) is 11.5. The van der Waals surface area contributed by atoms with E-state index in [1.807, 2.05) is 12.1 Å². The number of aryl methyl sites for hydroxylation is 1. The predicted octanol–water partition coefficient (Wildman–Crippen LogP) is 5.74. The number of fused-ring (bicyclic) bond motifs is 1. The van der Waals surface area contributed by atoms with Gasteiger partial charge in [0.15, 0.2) is 0 Å². The maximum atomic E-state index is 12.9. The highest BCUT2D eigenvalue weighted by Crippen LogP contribution is 2.28. The summed E-state index contributed by atoms with van der Waals surface area (Å²) in [6.07, 6.45) is 7.26. The lowest BCUT2D eigenvalue weighted by atomic mass is 9.93. The van der Waals surface area contributed by atoms with Gasteiger partial charge in [0.1, 0.15) is 12.4 Å². The summed E-state index contributed by atoms with van der Waals surface area (Å²) in [6.45, 7) is 5.49. The molecule has 39 heavy (non-hydrogen) atoms. The number of halogens is 1. The molecular formula is C32H31ClN4O2. The summed E-state index contributed by atoms with van der Waals surface area (Å²) in [7, 11) is 0. The van der Waals surface area contributed by atoms with E-state index in [4.69, 9.17) is 16.3 Å². The van der Waals surface area contributed by atoms with Crippen LogP contribution in [0, 0.1) is 0 Å². The maximum absolute atomic E-state index is 12.9. The average molecular weight is 539 g/mol. The van der Waals surface area contributed by atoms with Crippen LogP contribution in [0.3, 0.4) is 0 Å². The predicted molar refractivity (Wildman–Crippen MR) is 157 cm³/mol. The molecule has 4 aromatic rings. The minimum atomic E-state index is -0.0995. The Morgan fingerprint density at radius 3 is 2.51 bits per heavy atom. The fourth-order valence-electron chi connectivity index (χ4n) is 5.32. The van der Waals surface area contributed by atoms with Crippen LogP contribution in [0.4, 0.5) is 5.69 Å². The molecule has 0 bridgehead atoms. The molecule has 0 spiro atoms. The van der Waals surface area contributed by atoms with Crippen LogP contribution in [0.25, 0.3) is 11.8 Å². The standard InChI is InChI=1S/C32H31ClN4O2/c33-27-9-10-28(34-21-27)23-39-31-12-13-37(32(38)20-31)30-11-8-25-18-24(6-7-26(25)19-30)22-35-14-16-36(17-15-35)29-4-2-1-3-5-29/h1-7,9-10,12-13,18-21H,8,11,14-17,22-23H2.